The molecule has 24 heavy (non-hydrogen) atoms. The van der Waals surface area contributed by atoms with E-state index in [-0.39, 0.29) is 24.0 Å². The minimum atomic E-state index is -0.302. The number of hydrogen-bond acceptors (Lipinski definition) is 3. The highest BCUT2D eigenvalue weighted by Gasteiger charge is 2.14. The van der Waals surface area contributed by atoms with Crippen molar-refractivity contribution in [3.8, 4) is 0 Å². The van der Waals surface area contributed by atoms with E-state index >= 15 is 0 Å². The minimum absolute atomic E-state index is 0.127. The van der Waals surface area contributed by atoms with Crippen LogP contribution in [-0.2, 0) is 17.9 Å². The molecule has 0 saturated carbocycles. The maximum atomic E-state index is 13.5. The zero-order valence-corrected chi connectivity index (χ0v) is 15.4. The molecule has 0 spiro atoms. The summed E-state index contributed by atoms with van der Waals surface area (Å²) >= 11 is 1.42. The lowest BCUT2D eigenvalue weighted by Crippen LogP contribution is -2.25. The molecule has 1 heterocycles. The summed E-state index contributed by atoms with van der Waals surface area (Å²) in [7, 11) is 0. The van der Waals surface area contributed by atoms with Gasteiger partial charge in [0, 0.05) is 24.3 Å². The van der Waals surface area contributed by atoms with Gasteiger partial charge in [-0.25, -0.2) is 9.37 Å². The molecule has 1 N–H and O–H groups in total. The van der Waals surface area contributed by atoms with Crippen molar-refractivity contribution in [2.75, 3.05) is 5.75 Å². The van der Waals surface area contributed by atoms with Gasteiger partial charge in [0.05, 0.1) is 11.4 Å². The summed E-state index contributed by atoms with van der Waals surface area (Å²) in [5, 5.41) is 3.62. The first-order chi connectivity index (χ1) is 11.4. The van der Waals surface area contributed by atoms with Gasteiger partial charge in [-0.2, -0.15) is 0 Å². The molecule has 6 heteroatoms. The number of rotatable bonds is 7. The second-order valence-electron chi connectivity index (χ2n) is 6.23. The van der Waals surface area contributed by atoms with E-state index in [9.17, 15) is 9.18 Å². The first-order valence-electron chi connectivity index (χ1n) is 8.05. The predicted molar refractivity (Wildman–Crippen MR) is 95.5 cm³/mol. The monoisotopic (exact) mass is 349 g/mol. The number of carbonyl (C=O) groups excluding carboxylic acids is 1. The Kier molecular flexibility index (Phi) is 6.43. The maximum Gasteiger partial charge on any atom is 0.230 e. The van der Waals surface area contributed by atoms with Gasteiger partial charge in [-0.05, 0) is 25.8 Å². The number of halogens is 1. The molecule has 0 fully saturated rings. The Hall–Kier alpha value is -1.82. The lowest BCUT2D eigenvalue weighted by atomic mass is 10.2. The lowest BCUT2D eigenvalue weighted by molar-refractivity contribution is -0.118. The average molecular weight is 349 g/mol. The van der Waals surface area contributed by atoms with E-state index in [1.807, 2.05) is 13.8 Å². The van der Waals surface area contributed by atoms with Crippen molar-refractivity contribution < 1.29 is 9.18 Å². The first kappa shape index (κ1) is 18.5. The van der Waals surface area contributed by atoms with E-state index in [1.54, 1.807) is 18.2 Å². The molecule has 1 amide bonds. The van der Waals surface area contributed by atoms with Crippen LogP contribution in [0.25, 0.3) is 0 Å². The van der Waals surface area contributed by atoms with Crippen molar-refractivity contribution in [2.45, 2.75) is 45.9 Å². The molecule has 0 radical (unpaired) electrons. The molecular formula is C18H24FN3OS. The number of aryl methyl sites for hydroxylation is 1. The molecule has 0 aliphatic heterocycles. The van der Waals surface area contributed by atoms with Crippen molar-refractivity contribution in [1.29, 1.82) is 0 Å². The average Bonchev–Trinajstić information content (AvgIpc) is 2.79. The molecule has 0 unspecified atom stereocenters. The lowest BCUT2D eigenvalue weighted by Gasteiger charge is -2.12. The quantitative estimate of drug-likeness (QED) is 0.775. The number of benzene rings is 1. The first-order valence-corrected chi connectivity index (χ1v) is 9.03. The second-order valence-corrected chi connectivity index (χ2v) is 7.17. The molecule has 2 aromatic rings. The Morgan fingerprint density at radius 2 is 2.04 bits per heavy atom. The van der Waals surface area contributed by atoms with Crippen LogP contribution in [0.5, 0.6) is 0 Å². The van der Waals surface area contributed by atoms with Gasteiger partial charge in [-0.3, -0.25) is 4.79 Å². The van der Waals surface area contributed by atoms with Gasteiger partial charge in [-0.15, -0.1) is 0 Å². The minimum Gasteiger partial charge on any atom is -0.351 e. The summed E-state index contributed by atoms with van der Waals surface area (Å²) in [6, 6.07) is 6.46. The summed E-state index contributed by atoms with van der Waals surface area (Å²) in [6.45, 7) is 9.42. The smallest absolute Gasteiger partial charge is 0.230 e. The number of nitrogens with one attached hydrogen (secondary N) is 1. The number of nitrogens with zero attached hydrogens (tertiary/aromatic N) is 2. The Morgan fingerprint density at radius 3 is 2.71 bits per heavy atom. The van der Waals surface area contributed by atoms with Crippen molar-refractivity contribution in [3.05, 3.63) is 47.0 Å². The molecule has 0 aliphatic rings. The van der Waals surface area contributed by atoms with Crippen molar-refractivity contribution in [3.63, 3.8) is 0 Å². The summed E-state index contributed by atoms with van der Waals surface area (Å²) in [6.07, 6.45) is 0. The molecular weight excluding hydrogens is 325 g/mol. The van der Waals surface area contributed by atoms with Crippen molar-refractivity contribution in [1.82, 2.24) is 14.9 Å². The standard InChI is InChI=1S/C18H24FN3OS/c1-12(2)10-22-14(4)13(3)21-18(22)24-11-17(23)20-9-15-7-5-6-8-16(15)19/h5-8,12H,9-11H2,1-4H3,(H,20,23). The summed E-state index contributed by atoms with van der Waals surface area (Å²) < 4.78 is 15.7. The van der Waals surface area contributed by atoms with Gasteiger partial charge >= 0.3 is 0 Å². The molecule has 4 nitrogen and oxygen atoms in total. The van der Waals surface area contributed by atoms with Crippen LogP contribution in [0.3, 0.4) is 0 Å². The van der Waals surface area contributed by atoms with E-state index in [2.05, 4.69) is 28.7 Å². The van der Waals surface area contributed by atoms with E-state index in [4.69, 9.17) is 0 Å². The van der Waals surface area contributed by atoms with E-state index in [1.165, 1.54) is 17.8 Å². The fraction of sp³-hybridized carbons (Fsp3) is 0.444. The highest BCUT2D eigenvalue weighted by molar-refractivity contribution is 7.99. The highest BCUT2D eigenvalue weighted by Crippen LogP contribution is 2.22. The molecule has 130 valence electrons. The third-order valence-electron chi connectivity index (χ3n) is 3.74. The van der Waals surface area contributed by atoms with E-state index in [0.717, 1.165) is 23.1 Å². The van der Waals surface area contributed by atoms with Crippen LogP contribution in [0, 0.1) is 25.6 Å². The predicted octanol–water partition coefficient (Wildman–Crippen LogP) is 3.70. The van der Waals surface area contributed by atoms with Crippen LogP contribution in [0.15, 0.2) is 29.4 Å². The van der Waals surface area contributed by atoms with Gasteiger partial charge in [0.1, 0.15) is 5.82 Å². The molecule has 1 aromatic heterocycles. The second kappa shape index (κ2) is 8.33. The Labute approximate surface area is 146 Å². The van der Waals surface area contributed by atoms with Gasteiger partial charge in [0.2, 0.25) is 5.91 Å². The van der Waals surface area contributed by atoms with Crippen LogP contribution in [0.2, 0.25) is 0 Å². The Morgan fingerprint density at radius 1 is 1.33 bits per heavy atom. The zero-order valence-electron chi connectivity index (χ0n) is 14.6. The van der Waals surface area contributed by atoms with Crippen LogP contribution >= 0.6 is 11.8 Å². The molecule has 0 atom stereocenters. The largest absolute Gasteiger partial charge is 0.351 e. The van der Waals surface area contributed by atoms with Crippen LogP contribution in [0.4, 0.5) is 4.39 Å². The fourth-order valence-corrected chi connectivity index (χ4v) is 3.26. The van der Waals surface area contributed by atoms with Gasteiger partial charge < -0.3 is 9.88 Å². The zero-order chi connectivity index (χ0) is 17.7. The number of imidazole rings is 1. The molecule has 0 saturated heterocycles. The third kappa shape index (κ3) is 4.84. The molecule has 1 aromatic carbocycles. The molecule has 0 aliphatic carbocycles. The number of carbonyl (C=O) groups is 1. The molecule has 2 rings (SSSR count). The van der Waals surface area contributed by atoms with Crippen LogP contribution in [-0.4, -0.2) is 21.2 Å². The number of amides is 1. The molecule has 0 bridgehead atoms. The summed E-state index contributed by atoms with van der Waals surface area (Å²) in [4.78, 5) is 16.6. The maximum absolute atomic E-state index is 13.5. The number of thioether (sulfide) groups is 1. The van der Waals surface area contributed by atoms with Gasteiger partial charge in [0.25, 0.3) is 0 Å². The van der Waals surface area contributed by atoms with Crippen LogP contribution < -0.4 is 5.32 Å². The summed E-state index contributed by atoms with van der Waals surface area (Å²) in [5.74, 6) is 0.344. The normalized spacial score (nSPS) is 11.1. The van der Waals surface area contributed by atoms with Crippen molar-refractivity contribution in [2.24, 2.45) is 5.92 Å². The van der Waals surface area contributed by atoms with Gasteiger partial charge in [0.15, 0.2) is 5.16 Å². The highest BCUT2D eigenvalue weighted by atomic mass is 32.2. The van der Waals surface area contributed by atoms with E-state index < -0.39 is 0 Å². The third-order valence-corrected chi connectivity index (χ3v) is 4.71. The Bertz CT molecular complexity index is 712. The van der Waals surface area contributed by atoms with Crippen molar-refractivity contribution >= 4 is 17.7 Å². The van der Waals surface area contributed by atoms with Crippen LogP contribution in [0.1, 0.15) is 30.8 Å². The topological polar surface area (TPSA) is 46.9 Å². The SMILES string of the molecule is Cc1nc(SCC(=O)NCc2ccccc2F)n(CC(C)C)c1C. The van der Waals surface area contributed by atoms with E-state index in [0.29, 0.717) is 11.5 Å². The Balaban J connectivity index is 1.92. The fourth-order valence-electron chi connectivity index (χ4n) is 2.33. The number of hydrogen-bond donors (Lipinski definition) is 1. The summed E-state index contributed by atoms with van der Waals surface area (Å²) in [5.41, 5.74) is 2.62. The number of aromatic nitrogens is 2. The van der Waals surface area contributed by atoms with Gasteiger partial charge in [-0.1, -0.05) is 43.8 Å².